The molecule has 1 aromatic heterocycles. The molecule has 2 N–H and O–H groups in total. The van der Waals surface area contributed by atoms with Gasteiger partial charge < -0.3 is 24.5 Å². The Labute approximate surface area is 184 Å². The van der Waals surface area contributed by atoms with Crippen molar-refractivity contribution in [2.24, 2.45) is 5.73 Å². The number of fused-ring (bicyclic) bond motifs is 1. The number of carbonyl (C=O) groups is 2. The maximum Gasteiger partial charge on any atom is 0.336 e. The van der Waals surface area contributed by atoms with Gasteiger partial charge in [0.05, 0.1) is 7.11 Å². The van der Waals surface area contributed by atoms with E-state index in [9.17, 15) is 14.4 Å². The summed E-state index contributed by atoms with van der Waals surface area (Å²) in [5, 5.41) is 0.749. The molecule has 4 rings (SSSR count). The van der Waals surface area contributed by atoms with E-state index in [2.05, 4.69) is 0 Å². The molecule has 2 aromatic carbocycles. The van der Waals surface area contributed by atoms with Gasteiger partial charge in [-0.05, 0) is 55.2 Å². The second kappa shape index (κ2) is 8.74. The number of carbonyl (C=O) groups excluding carboxylic acids is 2. The van der Waals surface area contributed by atoms with Gasteiger partial charge in [0.2, 0.25) is 5.91 Å². The van der Waals surface area contributed by atoms with Crippen molar-refractivity contribution in [3.05, 3.63) is 58.4 Å². The minimum atomic E-state index is -0.589. The molecule has 1 atom stereocenters. The van der Waals surface area contributed by atoms with Gasteiger partial charge >= 0.3 is 5.63 Å². The molecule has 3 aromatic rings. The average Bonchev–Trinajstić information content (AvgIpc) is 3.29. The number of nitrogens with zero attached hydrogens (tertiary/aromatic N) is 1. The Balaban J connectivity index is 1.62. The number of benzene rings is 2. The summed E-state index contributed by atoms with van der Waals surface area (Å²) < 4.78 is 16.4. The molecule has 0 radical (unpaired) electrons. The van der Waals surface area contributed by atoms with E-state index < -0.39 is 17.6 Å². The van der Waals surface area contributed by atoms with Gasteiger partial charge in [-0.15, -0.1) is 0 Å². The Morgan fingerprint density at radius 3 is 2.62 bits per heavy atom. The van der Waals surface area contributed by atoms with E-state index >= 15 is 0 Å². The van der Waals surface area contributed by atoms with Gasteiger partial charge in [0.1, 0.15) is 23.1 Å². The lowest BCUT2D eigenvalue weighted by Gasteiger charge is -2.22. The molecule has 0 bridgehead atoms. The Kier molecular flexibility index (Phi) is 5.85. The lowest BCUT2D eigenvalue weighted by atomic mass is 10.00. The number of hydrogen-bond donors (Lipinski definition) is 1. The number of amides is 2. The van der Waals surface area contributed by atoms with E-state index in [1.165, 1.54) is 11.0 Å². The van der Waals surface area contributed by atoms with Crippen molar-refractivity contribution < 1.29 is 23.5 Å². The lowest BCUT2D eigenvalue weighted by Crippen LogP contribution is -2.45. The third-order valence-corrected chi connectivity index (χ3v) is 5.76. The van der Waals surface area contributed by atoms with Gasteiger partial charge in [0.25, 0.3) is 5.91 Å². The van der Waals surface area contributed by atoms with Gasteiger partial charge in [-0.2, -0.15) is 0 Å². The highest BCUT2D eigenvalue weighted by Gasteiger charge is 2.32. The minimum absolute atomic E-state index is 0.238. The first kappa shape index (κ1) is 21.4. The summed E-state index contributed by atoms with van der Waals surface area (Å²) in [5.74, 6) is 0.328. The van der Waals surface area contributed by atoms with Crippen LogP contribution in [0.5, 0.6) is 11.5 Å². The van der Waals surface area contributed by atoms with Crippen molar-refractivity contribution in [1.82, 2.24) is 4.90 Å². The molecule has 1 unspecified atom stereocenters. The third-order valence-electron chi connectivity index (χ3n) is 5.76. The van der Waals surface area contributed by atoms with E-state index in [0.29, 0.717) is 35.6 Å². The number of methoxy groups -OCH3 is 1. The quantitative estimate of drug-likeness (QED) is 0.595. The number of rotatable bonds is 6. The molecule has 0 aliphatic carbocycles. The van der Waals surface area contributed by atoms with Crippen molar-refractivity contribution in [2.45, 2.75) is 25.8 Å². The predicted octanol–water partition coefficient (Wildman–Crippen LogP) is 2.63. The second-order valence-corrected chi connectivity index (χ2v) is 7.71. The number of likely N-dealkylation sites (tertiary alicyclic amines) is 1. The Bertz CT molecular complexity index is 1230. The number of aryl methyl sites for hydroxylation is 1. The summed E-state index contributed by atoms with van der Waals surface area (Å²) in [5.41, 5.74) is 7.48. The van der Waals surface area contributed by atoms with Crippen LogP contribution in [-0.2, 0) is 9.59 Å². The Hall–Kier alpha value is -3.81. The highest BCUT2D eigenvalue weighted by molar-refractivity contribution is 5.95. The molecule has 8 nitrogen and oxygen atoms in total. The molecule has 1 fully saturated rings. The van der Waals surface area contributed by atoms with Crippen molar-refractivity contribution in [3.63, 3.8) is 0 Å². The SMILES string of the molecule is COc1ccc(-c2cc(=O)oc3c(C)c(OCC(=O)N4CCCC4C(N)=O)ccc23)cc1. The summed E-state index contributed by atoms with van der Waals surface area (Å²) in [6, 6.07) is 11.8. The van der Waals surface area contributed by atoms with Crippen molar-refractivity contribution >= 4 is 22.8 Å². The lowest BCUT2D eigenvalue weighted by molar-refractivity contribution is -0.138. The molecule has 32 heavy (non-hydrogen) atoms. The summed E-state index contributed by atoms with van der Waals surface area (Å²) in [6.45, 7) is 2.01. The highest BCUT2D eigenvalue weighted by Crippen LogP contribution is 2.33. The summed E-state index contributed by atoms with van der Waals surface area (Å²) in [6.07, 6.45) is 1.29. The monoisotopic (exact) mass is 436 g/mol. The van der Waals surface area contributed by atoms with Gasteiger partial charge in [-0.1, -0.05) is 12.1 Å². The first-order valence-corrected chi connectivity index (χ1v) is 10.3. The molecule has 1 aliphatic heterocycles. The normalized spacial score (nSPS) is 15.7. The van der Waals surface area contributed by atoms with E-state index in [-0.39, 0.29) is 12.5 Å². The van der Waals surface area contributed by atoms with Crippen LogP contribution in [0.2, 0.25) is 0 Å². The zero-order valence-corrected chi connectivity index (χ0v) is 17.9. The molecule has 1 saturated heterocycles. The van der Waals surface area contributed by atoms with E-state index in [1.807, 2.05) is 24.3 Å². The van der Waals surface area contributed by atoms with Crippen LogP contribution in [0.3, 0.4) is 0 Å². The molecule has 166 valence electrons. The maximum absolute atomic E-state index is 12.6. The van der Waals surface area contributed by atoms with E-state index in [1.54, 1.807) is 26.2 Å². The van der Waals surface area contributed by atoms with Gasteiger partial charge in [-0.3, -0.25) is 9.59 Å². The average molecular weight is 436 g/mol. The smallest absolute Gasteiger partial charge is 0.336 e. The van der Waals surface area contributed by atoms with Crippen molar-refractivity contribution in [2.75, 3.05) is 20.3 Å². The van der Waals surface area contributed by atoms with Crippen LogP contribution >= 0.6 is 0 Å². The fourth-order valence-corrected chi connectivity index (χ4v) is 4.09. The molecule has 1 aliphatic rings. The zero-order chi connectivity index (χ0) is 22.8. The molecular formula is C24H24N2O6. The molecule has 0 spiro atoms. The fraction of sp³-hybridized carbons (Fsp3) is 0.292. The van der Waals surface area contributed by atoms with Crippen molar-refractivity contribution in [1.29, 1.82) is 0 Å². The van der Waals surface area contributed by atoms with E-state index in [0.717, 1.165) is 22.9 Å². The molecule has 8 heteroatoms. The maximum atomic E-state index is 12.6. The van der Waals surface area contributed by atoms with Crippen LogP contribution in [0.25, 0.3) is 22.1 Å². The van der Waals surface area contributed by atoms with Crippen LogP contribution in [0.15, 0.2) is 51.7 Å². The topological polar surface area (TPSA) is 112 Å². The first-order valence-electron chi connectivity index (χ1n) is 10.3. The number of hydrogen-bond acceptors (Lipinski definition) is 6. The first-order chi connectivity index (χ1) is 15.4. The summed E-state index contributed by atoms with van der Waals surface area (Å²) in [7, 11) is 1.59. The van der Waals surface area contributed by atoms with Crippen molar-refractivity contribution in [3.8, 4) is 22.6 Å². The minimum Gasteiger partial charge on any atom is -0.497 e. The van der Waals surface area contributed by atoms with Crippen LogP contribution < -0.4 is 20.8 Å². The summed E-state index contributed by atoms with van der Waals surface area (Å²) in [4.78, 5) is 37.8. The largest absolute Gasteiger partial charge is 0.497 e. The third kappa shape index (κ3) is 4.03. The van der Waals surface area contributed by atoms with Gasteiger partial charge in [-0.25, -0.2) is 4.79 Å². The molecule has 2 heterocycles. The van der Waals surface area contributed by atoms with Crippen LogP contribution in [0.4, 0.5) is 0 Å². The second-order valence-electron chi connectivity index (χ2n) is 7.71. The van der Waals surface area contributed by atoms with Gasteiger partial charge in [0.15, 0.2) is 6.61 Å². The molecular weight excluding hydrogens is 412 g/mol. The predicted molar refractivity (Wildman–Crippen MR) is 119 cm³/mol. The highest BCUT2D eigenvalue weighted by atomic mass is 16.5. The fourth-order valence-electron chi connectivity index (χ4n) is 4.09. The number of ether oxygens (including phenoxy) is 2. The summed E-state index contributed by atoms with van der Waals surface area (Å²) >= 11 is 0. The molecule has 2 amide bonds. The Morgan fingerprint density at radius 2 is 1.94 bits per heavy atom. The standard InChI is InChI=1S/C24H24N2O6/c1-14-20(31-13-21(27)26-11-3-4-19(26)24(25)29)10-9-17-18(12-22(28)32-23(14)17)15-5-7-16(30-2)8-6-15/h5-10,12,19H,3-4,11,13H2,1-2H3,(H2,25,29). The van der Waals surface area contributed by atoms with Crippen LogP contribution in [-0.4, -0.2) is 43.0 Å². The van der Waals surface area contributed by atoms with Crippen LogP contribution in [0, 0.1) is 6.92 Å². The van der Waals surface area contributed by atoms with E-state index in [4.69, 9.17) is 19.6 Å². The number of nitrogens with two attached hydrogens (primary N) is 1. The zero-order valence-electron chi connectivity index (χ0n) is 17.9. The van der Waals surface area contributed by atoms with Crippen LogP contribution in [0.1, 0.15) is 18.4 Å². The Morgan fingerprint density at radius 1 is 1.19 bits per heavy atom. The number of primary amides is 1. The van der Waals surface area contributed by atoms with Gasteiger partial charge in [0, 0.05) is 23.6 Å². The molecule has 0 saturated carbocycles.